The van der Waals surface area contributed by atoms with Crippen molar-refractivity contribution in [1.29, 1.82) is 0 Å². The van der Waals surface area contributed by atoms with E-state index in [0.717, 1.165) is 27.8 Å². The molecular weight excluding hydrogens is 392 g/mol. The zero-order valence-corrected chi connectivity index (χ0v) is 17.2. The van der Waals surface area contributed by atoms with E-state index in [-0.39, 0.29) is 18.9 Å². The van der Waals surface area contributed by atoms with E-state index >= 15 is 0 Å². The minimum Gasteiger partial charge on any atom is -0.599 e. The summed E-state index contributed by atoms with van der Waals surface area (Å²) in [5, 5.41) is 12.5. The Hall–Kier alpha value is -3.80. The van der Waals surface area contributed by atoms with Crippen LogP contribution in [0, 0.1) is 0 Å². The number of methoxy groups -OCH3 is 1. The number of anilines is 1. The molecule has 0 spiro atoms. The van der Waals surface area contributed by atoms with Gasteiger partial charge in [-0.1, -0.05) is 60.7 Å². The Balaban J connectivity index is 1.50. The maximum absolute atomic E-state index is 12.5. The zero-order valence-electron chi connectivity index (χ0n) is 17.2. The molecule has 0 heterocycles. The van der Waals surface area contributed by atoms with Gasteiger partial charge in [0.15, 0.2) is 6.04 Å². The number of nitrogen functional groups attached to an aromatic ring is 1. The summed E-state index contributed by atoms with van der Waals surface area (Å²) in [6, 6.07) is 22.2. The highest BCUT2D eigenvalue weighted by atomic mass is 16.6. The monoisotopic (exact) mass is 415 g/mol. The van der Waals surface area contributed by atoms with E-state index in [1.807, 2.05) is 36.4 Å². The molecule has 31 heavy (non-hydrogen) atoms. The van der Waals surface area contributed by atoms with Crippen LogP contribution < -0.4 is 10.8 Å². The summed E-state index contributed by atoms with van der Waals surface area (Å²) in [5.74, 6) is -0.662. The predicted molar refractivity (Wildman–Crippen MR) is 117 cm³/mol. The van der Waals surface area contributed by atoms with Gasteiger partial charge in [-0.25, -0.2) is 4.79 Å². The quantitative estimate of drug-likeness (QED) is 0.289. The Morgan fingerprint density at radius 3 is 2.16 bits per heavy atom. The number of hydrogen-bond donors (Lipinski definition) is 1. The third-order valence-electron chi connectivity index (χ3n) is 5.48. The molecule has 0 aliphatic heterocycles. The second-order valence-corrected chi connectivity index (χ2v) is 7.42. The van der Waals surface area contributed by atoms with Crippen LogP contribution >= 0.6 is 0 Å². The molecule has 3 aromatic carbocycles. The van der Waals surface area contributed by atoms with Crippen LogP contribution in [-0.2, 0) is 20.7 Å². The molecule has 0 amide bonds. The summed E-state index contributed by atoms with van der Waals surface area (Å²) < 4.78 is 10.3. The van der Waals surface area contributed by atoms with Crippen molar-refractivity contribution in [3.8, 4) is 11.1 Å². The topological polar surface area (TPSA) is 97.0 Å². The summed E-state index contributed by atoms with van der Waals surface area (Å²) in [5.41, 5.74) is 11.7. The smallest absolute Gasteiger partial charge is 0.331 e. The maximum Gasteiger partial charge on any atom is 0.331 e. The Kier molecular flexibility index (Phi) is 5.89. The largest absolute Gasteiger partial charge is 0.599 e. The Bertz CT molecular complexity index is 1060. The number of ether oxygens (including phenoxy) is 2. The fraction of sp³-hybridized carbons (Fsp3) is 0.200. The molecule has 0 saturated carbocycles. The number of nitrogens with zero attached hydrogens (tertiary/aromatic N) is 1. The molecule has 0 bridgehead atoms. The molecule has 0 radical (unpaired) electrons. The van der Waals surface area contributed by atoms with Crippen molar-refractivity contribution < 1.29 is 19.4 Å². The molecule has 1 atom stereocenters. The lowest BCUT2D eigenvalue weighted by Crippen LogP contribution is -2.31. The first kappa shape index (κ1) is 20.5. The predicted octanol–water partition coefficient (Wildman–Crippen LogP) is 2.90. The van der Waals surface area contributed by atoms with Gasteiger partial charge in [-0.15, -0.1) is 0 Å². The molecule has 3 aromatic rings. The Morgan fingerprint density at radius 1 is 1.00 bits per heavy atom. The van der Waals surface area contributed by atoms with Crippen molar-refractivity contribution in [2.45, 2.75) is 18.4 Å². The number of carbonyl (C=O) groups is 1. The van der Waals surface area contributed by atoms with Gasteiger partial charge in [0, 0.05) is 24.6 Å². The number of hydrogen-bond acceptors (Lipinski definition) is 6. The zero-order chi connectivity index (χ0) is 21.8. The summed E-state index contributed by atoms with van der Waals surface area (Å²) in [7, 11) is 1.27. The molecular formula is C25H23N2O4-. The van der Waals surface area contributed by atoms with Crippen molar-refractivity contribution in [3.05, 3.63) is 89.5 Å². The molecule has 158 valence electrons. The summed E-state index contributed by atoms with van der Waals surface area (Å²) in [4.78, 5) is 16.1. The lowest BCUT2D eigenvalue weighted by molar-refractivity contribution is -0.251. The average molecular weight is 415 g/mol. The van der Waals surface area contributed by atoms with Gasteiger partial charge in [0.05, 0.1) is 7.11 Å². The van der Waals surface area contributed by atoms with E-state index in [9.17, 15) is 9.90 Å². The first-order chi connectivity index (χ1) is 15.1. The third-order valence-corrected chi connectivity index (χ3v) is 5.48. The van der Waals surface area contributed by atoms with Gasteiger partial charge < -0.3 is 20.3 Å². The molecule has 4 rings (SSSR count). The average Bonchev–Trinajstić information content (AvgIpc) is 3.12. The van der Waals surface area contributed by atoms with Crippen LogP contribution in [0.3, 0.4) is 0 Å². The van der Waals surface area contributed by atoms with E-state index < -0.39 is 18.1 Å². The van der Waals surface area contributed by atoms with E-state index in [1.54, 1.807) is 24.3 Å². The van der Waals surface area contributed by atoms with Crippen LogP contribution in [0.2, 0.25) is 0 Å². The van der Waals surface area contributed by atoms with E-state index in [1.165, 1.54) is 7.11 Å². The number of rotatable bonds is 6. The normalized spacial score (nSPS) is 13.9. The molecule has 0 saturated heterocycles. The standard InChI is InChI=1S/C25H24N2O4/c1-30-24(28)23(14-16-10-12-17(26)13-11-16)27-25(29)31-15-22-20-8-4-2-6-18(20)19-7-3-5-9-21(19)22/h2-13,22-23H,14-15,26H2,1H3,(H,27,29)/p-1. The van der Waals surface area contributed by atoms with Gasteiger partial charge in [0.25, 0.3) is 0 Å². The van der Waals surface area contributed by atoms with Crippen LogP contribution in [0.25, 0.3) is 11.1 Å². The van der Waals surface area contributed by atoms with Crippen molar-refractivity contribution in [1.82, 2.24) is 0 Å². The molecule has 1 unspecified atom stereocenters. The first-order valence-electron chi connectivity index (χ1n) is 10.0. The third kappa shape index (κ3) is 4.38. The molecule has 6 heteroatoms. The van der Waals surface area contributed by atoms with Crippen LogP contribution in [0.1, 0.15) is 22.6 Å². The number of esters is 1. The van der Waals surface area contributed by atoms with Gasteiger partial charge in [0.2, 0.25) is 0 Å². The molecule has 1 aliphatic carbocycles. The number of carbonyl (C=O) groups excluding carboxylic acids is 1. The van der Waals surface area contributed by atoms with Crippen LogP contribution in [0.15, 0.2) is 77.8 Å². The highest BCUT2D eigenvalue weighted by Crippen LogP contribution is 2.44. The molecule has 1 aliphatic rings. The first-order valence-corrected chi connectivity index (χ1v) is 10.0. The molecule has 0 fully saturated rings. The highest BCUT2D eigenvalue weighted by Gasteiger charge is 2.27. The molecule has 0 aromatic heterocycles. The Labute approximate surface area is 181 Å². The maximum atomic E-state index is 12.5. The summed E-state index contributed by atoms with van der Waals surface area (Å²) >= 11 is 0. The van der Waals surface area contributed by atoms with Crippen molar-refractivity contribution in [2.75, 3.05) is 19.5 Å². The lowest BCUT2D eigenvalue weighted by Gasteiger charge is -2.22. The molecule has 6 nitrogen and oxygen atoms in total. The minimum atomic E-state index is -0.982. The van der Waals surface area contributed by atoms with Crippen molar-refractivity contribution in [2.24, 2.45) is 4.99 Å². The summed E-state index contributed by atoms with van der Waals surface area (Å²) in [6.45, 7) is 0.145. The van der Waals surface area contributed by atoms with Crippen LogP contribution in [0.5, 0.6) is 0 Å². The van der Waals surface area contributed by atoms with E-state index in [4.69, 9.17) is 15.2 Å². The van der Waals surface area contributed by atoms with Gasteiger partial charge in [-0.3, -0.25) is 4.99 Å². The van der Waals surface area contributed by atoms with Gasteiger partial charge in [0.1, 0.15) is 6.08 Å². The van der Waals surface area contributed by atoms with Crippen LogP contribution in [0.4, 0.5) is 5.69 Å². The molecule has 2 N–H and O–H groups in total. The highest BCUT2D eigenvalue weighted by molar-refractivity contribution is 5.80. The SMILES string of the molecule is COC(=O)C(Cc1ccc(N)cc1)N=C([O-])OCC1c2ccccc2-c2ccccc21. The summed E-state index contributed by atoms with van der Waals surface area (Å²) in [6.07, 6.45) is -0.565. The van der Waals surface area contributed by atoms with Crippen molar-refractivity contribution in [3.63, 3.8) is 0 Å². The van der Waals surface area contributed by atoms with Gasteiger partial charge in [-0.05, 0) is 39.9 Å². The number of nitrogens with two attached hydrogens (primary N) is 1. The van der Waals surface area contributed by atoms with Crippen LogP contribution in [-0.4, -0.2) is 31.8 Å². The van der Waals surface area contributed by atoms with Gasteiger partial charge in [-0.2, -0.15) is 0 Å². The lowest BCUT2D eigenvalue weighted by atomic mass is 9.98. The van der Waals surface area contributed by atoms with E-state index in [2.05, 4.69) is 17.1 Å². The fourth-order valence-corrected chi connectivity index (χ4v) is 3.95. The van der Waals surface area contributed by atoms with E-state index in [0.29, 0.717) is 5.69 Å². The second-order valence-electron chi connectivity index (χ2n) is 7.42. The van der Waals surface area contributed by atoms with Gasteiger partial charge >= 0.3 is 5.97 Å². The fourth-order valence-electron chi connectivity index (χ4n) is 3.95. The minimum absolute atomic E-state index is 0.0692. The second kappa shape index (κ2) is 8.92. The number of fused-ring (bicyclic) bond motifs is 3. The number of aliphatic imine (C=N–C) groups is 1. The van der Waals surface area contributed by atoms with Crippen molar-refractivity contribution >= 4 is 17.7 Å². The Morgan fingerprint density at radius 2 is 1.58 bits per heavy atom. The number of benzene rings is 3.